The van der Waals surface area contributed by atoms with Crippen molar-refractivity contribution in [1.82, 2.24) is 4.98 Å². The van der Waals surface area contributed by atoms with Gasteiger partial charge in [0.05, 0.1) is 0 Å². The first kappa shape index (κ1) is 12.9. The molecule has 1 unspecified atom stereocenters. The Hall–Kier alpha value is -2.06. The lowest BCUT2D eigenvalue weighted by atomic mass is 9.85. The van der Waals surface area contributed by atoms with Gasteiger partial charge in [-0.1, -0.05) is 30.3 Å². The van der Waals surface area contributed by atoms with Crippen molar-refractivity contribution < 1.29 is 5.11 Å². The van der Waals surface area contributed by atoms with Gasteiger partial charge in [0.1, 0.15) is 5.60 Å². The third kappa shape index (κ3) is 1.93. The zero-order valence-electron chi connectivity index (χ0n) is 12.1. The van der Waals surface area contributed by atoms with Crippen LogP contribution in [0.4, 0.5) is 0 Å². The van der Waals surface area contributed by atoms with Gasteiger partial charge in [-0.25, -0.2) is 0 Å². The summed E-state index contributed by atoms with van der Waals surface area (Å²) in [5, 5.41) is 12.1. The lowest BCUT2D eigenvalue weighted by molar-refractivity contribution is 0.104. The molecule has 2 heteroatoms. The molecule has 3 aromatic rings. The van der Waals surface area contributed by atoms with E-state index in [1.54, 1.807) is 0 Å². The predicted molar refractivity (Wildman–Crippen MR) is 82.9 cm³/mol. The number of H-pyrrole nitrogens is 1. The van der Waals surface area contributed by atoms with Crippen LogP contribution in [0.25, 0.3) is 10.9 Å². The van der Waals surface area contributed by atoms with Gasteiger partial charge in [-0.2, -0.15) is 0 Å². The van der Waals surface area contributed by atoms with Crippen LogP contribution in [0.1, 0.15) is 29.2 Å². The highest BCUT2D eigenvalue weighted by Gasteiger charge is 2.27. The van der Waals surface area contributed by atoms with Gasteiger partial charge >= 0.3 is 0 Å². The Labute approximate surface area is 119 Å². The van der Waals surface area contributed by atoms with Crippen molar-refractivity contribution in [1.29, 1.82) is 0 Å². The molecule has 0 fully saturated rings. The van der Waals surface area contributed by atoms with Crippen molar-refractivity contribution in [2.45, 2.75) is 26.4 Å². The van der Waals surface area contributed by atoms with Gasteiger partial charge < -0.3 is 10.1 Å². The largest absolute Gasteiger partial charge is 0.381 e. The summed E-state index contributed by atoms with van der Waals surface area (Å²) in [6.45, 7) is 6.02. The second kappa shape index (κ2) is 4.50. The molecule has 2 aromatic carbocycles. The molecule has 0 bridgehead atoms. The summed E-state index contributed by atoms with van der Waals surface area (Å²) in [6.07, 6.45) is 1.91. The Balaban J connectivity index is 2.20. The monoisotopic (exact) mass is 265 g/mol. The molecular formula is C18H19NO. The first-order valence-corrected chi connectivity index (χ1v) is 6.87. The average molecular weight is 265 g/mol. The van der Waals surface area contributed by atoms with Crippen LogP contribution in [0.15, 0.2) is 48.7 Å². The first-order chi connectivity index (χ1) is 9.50. The van der Waals surface area contributed by atoms with E-state index >= 15 is 0 Å². The number of fused-ring (bicyclic) bond motifs is 1. The SMILES string of the molecule is Cc1ccc(C(C)(O)c2cccc3[nH]ccc23)cc1C. The molecule has 0 spiro atoms. The van der Waals surface area contributed by atoms with E-state index in [0.717, 1.165) is 22.0 Å². The molecule has 0 amide bonds. The van der Waals surface area contributed by atoms with Gasteiger partial charge in [0.2, 0.25) is 0 Å². The maximum Gasteiger partial charge on any atom is 0.112 e. The fourth-order valence-corrected chi connectivity index (χ4v) is 2.71. The highest BCUT2D eigenvalue weighted by atomic mass is 16.3. The maximum absolute atomic E-state index is 11.1. The topological polar surface area (TPSA) is 36.0 Å². The highest BCUT2D eigenvalue weighted by molar-refractivity contribution is 5.84. The molecule has 2 nitrogen and oxygen atoms in total. The fraction of sp³-hybridized carbons (Fsp3) is 0.222. The zero-order valence-corrected chi connectivity index (χ0v) is 12.1. The quantitative estimate of drug-likeness (QED) is 0.720. The third-order valence-corrected chi connectivity index (χ3v) is 4.19. The summed E-state index contributed by atoms with van der Waals surface area (Å²) in [5.41, 5.74) is 4.34. The Morgan fingerprint density at radius 1 is 1.00 bits per heavy atom. The number of aryl methyl sites for hydroxylation is 2. The number of aliphatic hydroxyl groups is 1. The normalized spacial score (nSPS) is 14.4. The summed E-state index contributed by atoms with van der Waals surface area (Å²) in [6, 6.07) is 14.1. The molecule has 102 valence electrons. The van der Waals surface area contributed by atoms with Crippen LogP contribution in [0, 0.1) is 13.8 Å². The number of aromatic nitrogens is 1. The van der Waals surface area contributed by atoms with Crippen LogP contribution < -0.4 is 0 Å². The molecule has 0 saturated heterocycles. The minimum Gasteiger partial charge on any atom is -0.381 e. The molecule has 1 atom stereocenters. The van der Waals surface area contributed by atoms with E-state index in [0.29, 0.717) is 0 Å². The van der Waals surface area contributed by atoms with E-state index in [-0.39, 0.29) is 0 Å². The van der Waals surface area contributed by atoms with E-state index in [4.69, 9.17) is 0 Å². The Kier molecular flexibility index (Phi) is 2.91. The standard InChI is InChI=1S/C18H19NO/c1-12-7-8-14(11-13(12)2)18(3,20)16-5-4-6-17-15(16)9-10-19-17/h4-11,19-20H,1-3H3. The number of hydrogen-bond donors (Lipinski definition) is 2. The second-order valence-corrected chi connectivity index (χ2v) is 5.62. The molecule has 0 aliphatic heterocycles. The predicted octanol–water partition coefficient (Wildman–Crippen LogP) is 4.04. The van der Waals surface area contributed by atoms with Gasteiger partial charge in [-0.05, 0) is 55.2 Å². The number of rotatable bonds is 2. The van der Waals surface area contributed by atoms with E-state index in [1.165, 1.54) is 11.1 Å². The fourth-order valence-electron chi connectivity index (χ4n) is 2.71. The summed E-state index contributed by atoms with van der Waals surface area (Å²) in [7, 11) is 0. The number of benzene rings is 2. The number of nitrogens with one attached hydrogen (secondary N) is 1. The minimum absolute atomic E-state index is 0.925. The summed E-state index contributed by atoms with van der Waals surface area (Å²) in [5.74, 6) is 0. The Bertz CT molecular complexity index is 768. The molecular weight excluding hydrogens is 246 g/mol. The van der Waals surface area contributed by atoms with Gasteiger partial charge in [0, 0.05) is 17.1 Å². The summed E-state index contributed by atoms with van der Waals surface area (Å²) in [4.78, 5) is 3.19. The van der Waals surface area contributed by atoms with Crippen LogP contribution >= 0.6 is 0 Å². The highest BCUT2D eigenvalue weighted by Crippen LogP contribution is 2.34. The van der Waals surface area contributed by atoms with Crippen molar-refractivity contribution in [3.05, 3.63) is 70.9 Å². The van der Waals surface area contributed by atoms with Crippen molar-refractivity contribution >= 4 is 10.9 Å². The molecule has 20 heavy (non-hydrogen) atoms. The molecule has 3 rings (SSSR count). The minimum atomic E-state index is -1.000. The zero-order chi connectivity index (χ0) is 14.3. The van der Waals surface area contributed by atoms with E-state index in [9.17, 15) is 5.11 Å². The third-order valence-electron chi connectivity index (χ3n) is 4.19. The smallest absolute Gasteiger partial charge is 0.112 e. The molecule has 0 saturated carbocycles. The van der Waals surface area contributed by atoms with Crippen molar-refractivity contribution in [2.24, 2.45) is 0 Å². The van der Waals surface area contributed by atoms with Gasteiger partial charge in [-0.3, -0.25) is 0 Å². The van der Waals surface area contributed by atoms with Gasteiger partial charge in [-0.15, -0.1) is 0 Å². The molecule has 0 radical (unpaired) electrons. The van der Waals surface area contributed by atoms with Crippen LogP contribution in [0.5, 0.6) is 0 Å². The van der Waals surface area contributed by atoms with Crippen molar-refractivity contribution in [2.75, 3.05) is 0 Å². The van der Waals surface area contributed by atoms with Crippen LogP contribution in [0.3, 0.4) is 0 Å². The van der Waals surface area contributed by atoms with Gasteiger partial charge in [0.25, 0.3) is 0 Å². The van der Waals surface area contributed by atoms with Gasteiger partial charge in [0.15, 0.2) is 0 Å². The lowest BCUT2D eigenvalue weighted by Crippen LogP contribution is -2.23. The molecule has 1 heterocycles. The van der Waals surface area contributed by atoms with E-state index in [1.807, 2.05) is 43.5 Å². The molecule has 1 aromatic heterocycles. The molecule has 0 aliphatic rings. The number of hydrogen-bond acceptors (Lipinski definition) is 1. The average Bonchev–Trinajstić information content (AvgIpc) is 2.89. The maximum atomic E-state index is 11.1. The Morgan fingerprint density at radius 2 is 1.80 bits per heavy atom. The van der Waals surface area contributed by atoms with Crippen LogP contribution in [-0.4, -0.2) is 10.1 Å². The molecule has 0 aliphatic carbocycles. The van der Waals surface area contributed by atoms with Crippen molar-refractivity contribution in [3.8, 4) is 0 Å². The second-order valence-electron chi connectivity index (χ2n) is 5.62. The van der Waals surface area contributed by atoms with Crippen molar-refractivity contribution in [3.63, 3.8) is 0 Å². The molecule has 2 N–H and O–H groups in total. The summed E-state index contributed by atoms with van der Waals surface area (Å²) >= 11 is 0. The van der Waals surface area contributed by atoms with Crippen LogP contribution in [-0.2, 0) is 5.60 Å². The lowest BCUT2D eigenvalue weighted by Gasteiger charge is -2.26. The van der Waals surface area contributed by atoms with E-state index in [2.05, 4.69) is 31.0 Å². The first-order valence-electron chi connectivity index (χ1n) is 6.87. The van der Waals surface area contributed by atoms with Crippen LogP contribution in [0.2, 0.25) is 0 Å². The summed E-state index contributed by atoms with van der Waals surface area (Å²) < 4.78 is 0. The van der Waals surface area contributed by atoms with E-state index < -0.39 is 5.60 Å². The number of aromatic amines is 1. The Morgan fingerprint density at radius 3 is 2.55 bits per heavy atom.